The molecule has 1 aromatic heterocycles. The highest BCUT2D eigenvalue weighted by Gasteiger charge is 2.24. The first-order valence-electron chi connectivity index (χ1n) is 6.09. The van der Waals surface area contributed by atoms with Gasteiger partial charge in [-0.1, -0.05) is 30.0 Å². The van der Waals surface area contributed by atoms with Crippen molar-refractivity contribution in [3.63, 3.8) is 0 Å². The second kappa shape index (κ2) is 5.07. The van der Waals surface area contributed by atoms with E-state index in [1.54, 1.807) is 16.4 Å². The lowest BCUT2D eigenvalue weighted by molar-refractivity contribution is 0.705. The molecule has 2 atom stereocenters. The average Bonchev–Trinajstić information content (AvgIpc) is 3.00. The molecule has 0 radical (unpaired) electrons. The minimum absolute atomic E-state index is 0.337. The van der Waals surface area contributed by atoms with E-state index in [2.05, 4.69) is 15.5 Å². The molecule has 3 rings (SSSR count). The van der Waals surface area contributed by atoms with Gasteiger partial charge in [-0.15, -0.1) is 5.10 Å². The Bertz CT molecular complexity index is 512. The van der Waals surface area contributed by atoms with Crippen molar-refractivity contribution < 1.29 is 0 Å². The lowest BCUT2D eigenvalue weighted by atomic mass is 10.3. The van der Waals surface area contributed by atoms with Crippen molar-refractivity contribution in [1.29, 1.82) is 0 Å². The molecule has 2 unspecified atom stereocenters. The maximum absolute atomic E-state index is 5.93. The van der Waals surface area contributed by atoms with Gasteiger partial charge in [0.05, 0.1) is 5.69 Å². The molecule has 0 bridgehead atoms. The van der Waals surface area contributed by atoms with Crippen LogP contribution in [0.25, 0.3) is 5.69 Å². The summed E-state index contributed by atoms with van der Waals surface area (Å²) in [6.45, 7) is 0. The summed E-state index contributed by atoms with van der Waals surface area (Å²) in [4.78, 5) is 0. The summed E-state index contributed by atoms with van der Waals surface area (Å²) in [7, 11) is 0. The predicted molar refractivity (Wildman–Crippen MR) is 70.6 cm³/mol. The van der Waals surface area contributed by atoms with Gasteiger partial charge >= 0.3 is 0 Å². The third kappa shape index (κ3) is 2.39. The largest absolute Gasteiger partial charge is 0.328 e. The van der Waals surface area contributed by atoms with Crippen molar-refractivity contribution in [2.24, 2.45) is 5.73 Å². The fraction of sp³-hybridized carbons (Fsp3) is 0.417. The van der Waals surface area contributed by atoms with Crippen molar-refractivity contribution in [1.82, 2.24) is 20.2 Å². The lowest BCUT2D eigenvalue weighted by Crippen LogP contribution is -2.15. The molecule has 1 aromatic carbocycles. The maximum atomic E-state index is 5.93. The molecule has 1 fully saturated rings. The number of rotatable bonds is 3. The predicted octanol–water partition coefficient (Wildman–Crippen LogP) is 1.63. The quantitative estimate of drug-likeness (QED) is 0.909. The summed E-state index contributed by atoms with van der Waals surface area (Å²) in [5.41, 5.74) is 6.92. The maximum Gasteiger partial charge on any atom is 0.214 e. The van der Waals surface area contributed by atoms with Gasteiger partial charge in [-0.3, -0.25) is 0 Å². The fourth-order valence-electron chi connectivity index (χ4n) is 2.21. The standard InChI is InChI=1S/C12H15N5S/c13-9-6-7-11(8-9)18-12-14-15-16-17(12)10-4-2-1-3-5-10/h1-5,9,11H,6-8,13H2. The Morgan fingerprint density at radius 1 is 1.22 bits per heavy atom. The van der Waals surface area contributed by atoms with Crippen LogP contribution < -0.4 is 5.73 Å². The third-order valence-electron chi connectivity index (χ3n) is 3.14. The lowest BCUT2D eigenvalue weighted by Gasteiger charge is -2.08. The summed E-state index contributed by atoms with van der Waals surface area (Å²) in [6.07, 6.45) is 3.30. The van der Waals surface area contributed by atoms with Gasteiger partial charge in [-0.25, -0.2) is 0 Å². The topological polar surface area (TPSA) is 69.6 Å². The summed E-state index contributed by atoms with van der Waals surface area (Å²) in [6, 6.07) is 10.3. The van der Waals surface area contributed by atoms with Gasteiger partial charge in [0.2, 0.25) is 5.16 Å². The Morgan fingerprint density at radius 2 is 2.06 bits per heavy atom. The summed E-state index contributed by atoms with van der Waals surface area (Å²) in [5.74, 6) is 0. The van der Waals surface area contributed by atoms with Crippen LogP contribution in [0.1, 0.15) is 19.3 Å². The number of hydrogen-bond donors (Lipinski definition) is 1. The SMILES string of the molecule is NC1CCC(Sc2nnnn2-c2ccccc2)C1. The molecule has 94 valence electrons. The number of hydrogen-bond acceptors (Lipinski definition) is 5. The zero-order valence-electron chi connectivity index (χ0n) is 9.94. The molecule has 0 spiro atoms. The van der Waals surface area contributed by atoms with Crippen molar-refractivity contribution in [2.45, 2.75) is 35.7 Å². The highest BCUT2D eigenvalue weighted by molar-refractivity contribution is 7.99. The van der Waals surface area contributed by atoms with Gasteiger partial charge in [0.25, 0.3) is 0 Å². The van der Waals surface area contributed by atoms with E-state index < -0.39 is 0 Å². The highest BCUT2D eigenvalue weighted by Crippen LogP contribution is 2.33. The molecule has 0 aliphatic heterocycles. The van der Waals surface area contributed by atoms with Gasteiger partial charge in [0.15, 0.2) is 0 Å². The molecule has 5 nitrogen and oxygen atoms in total. The Hall–Kier alpha value is -1.40. The molecular weight excluding hydrogens is 246 g/mol. The Kier molecular flexibility index (Phi) is 3.29. The fourth-order valence-corrected chi connectivity index (χ4v) is 3.43. The van der Waals surface area contributed by atoms with Crippen LogP contribution in [0, 0.1) is 0 Å². The molecule has 0 saturated heterocycles. The van der Waals surface area contributed by atoms with E-state index >= 15 is 0 Å². The Balaban J connectivity index is 1.80. The van der Waals surface area contributed by atoms with E-state index in [0.29, 0.717) is 11.3 Å². The highest BCUT2D eigenvalue weighted by atomic mass is 32.2. The Morgan fingerprint density at radius 3 is 2.78 bits per heavy atom. The number of thioether (sulfide) groups is 1. The monoisotopic (exact) mass is 261 g/mol. The molecule has 1 saturated carbocycles. The van der Waals surface area contributed by atoms with Gasteiger partial charge in [-0.05, 0) is 41.8 Å². The van der Waals surface area contributed by atoms with Gasteiger partial charge < -0.3 is 5.73 Å². The normalized spacial score (nSPS) is 23.4. The zero-order valence-corrected chi connectivity index (χ0v) is 10.8. The molecular formula is C12H15N5S. The van der Waals surface area contributed by atoms with Crippen LogP contribution in [0.3, 0.4) is 0 Å². The minimum Gasteiger partial charge on any atom is -0.328 e. The summed E-state index contributed by atoms with van der Waals surface area (Å²) < 4.78 is 1.79. The third-order valence-corrected chi connectivity index (χ3v) is 4.37. The van der Waals surface area contributed by atoms with Crippen LogP contribution in [0.5, 0.6) is 0 Å². The first-order chi connectivity index (χ1) is 8.83. The molecule has 0 amide bonds. The van der Waals surface area contributed by atoms with E-state index in [4.69, 9.17) is 5.73 Å². The second-order valence-electron chi connectivity index (χ2n) is 4.52. The zero-order chi connectivity index (χ0) is 12.4. The van der Waals surface area contributed by atoms with E-state index in [1.165, 1.54) is 0 Å². The van der Waals surface area contributed by atoms with Crippen LogP contribution in [0.2, 0.25) is 0 Å². The van der Waals surface area contributed by atoms with Crippen LogP contribution >= 0.6 is 11.8 Å². The van der Waals surface area contributed by atoms with Gasteiger partial charge in [0.1, 0.15) is 0 Å². The number of nitrogens with zero attached hydrogens (tertiary/aromatic N) is 4. The average molecular weight is 261 g/mol. The van der Waals surface area contributed by atoms with Crippen LogP contribution in [-0.4, -0.2) is 31.5 Å². The molecule has 2 N–H and O–H groups in total. The molecule has 18 heavy (non-hydrogen) atoms. The first kappa shape index (κ1) is 11.7. The van der Waals surface area contributed by atoms with E-state index in [9.17, 15) is 0 Å². The van der Waals surface area contributed by atoms with Gasteiger partial charge in [-0.2, -0.15) is 4.68 Å². The van der Waals surface area contributed by atoms with Crippen molar-refractivity contribution in [3.8, 4) is 5.69 Å². The van der Waals surface area contributed by atoms with E-state index in [1.807, 2.05) is 30.3 Å². The summed E-state index contributed by atoms with van der Waals surface area (Å²) in [5, 5.41) is 13.3. The van der Waals surface area contributed by atoms with Crippen molar-refractivity contribution >= 4 is 11.8 Å². The molecule has 2 aromatic rings. The van der Waals surface area contributed by atoms with E-state index in [0.717, 1.165) is 30.1 Å². The number of tetrazole rings is 1. The molecule has 1 heterocycles. The molecule has 1 aliphatic carbocycles. The van der Waals surface area contributed by atoms with Crippen LogP contribution in [-0.2, 0) is 0 Å². The van der Waals surface area contributed by atoms with E-state index in [-0.39, 0.29) is 0 Å². The van der Waals surface area contributed by atoms with Crippen LogP contribution in [0.15, 0.2) is 35.5 Å². The number of para-hydroxylation sites is 1. The van der Waals surface area contributed by atoms with Crippen molar-refractivity contribution in [3.05, 3.63) is 30.3 Å². The minimum atomic E-state index is 0.337. The number of benzene rings is 1. The van der Waals surface area contributed by atoms with Gasteiger partial charge in [0, 0.05) is 11.3 Å². The molecule has 6 heteroatoms. The number of aromatic nitrogens is 4. The Labute approximate surface area is 110 Å². The number of nitrogens with two attached hydrogens (primary N) is 1. The molecule has 1 aliphatic rings. The summed E-state index contributed by atoms with van der Waals surface area (Å²) >= 11 is 1.73. The second-order valence-corrected chi connectivity index (χ2v) is 5.79. The smallest absolute Gasteiger partial charge is 0.214 e. The first-order valence-corrected chi connectivity index (χ1v) is 6.97. The van der Waals surface area contributed by atoms with Crippen LogP contribution in [0.4, 0.5) is 0 Å². The van der Waals surface area contributed by atoms with Crippen molar-refractivity contribution in [2.75, 3.05) is 0 Å².